The third kappa shape index (κ3) is 4.04. The fourth-order valence-electron chi connectivity index (χ4n) is 1.80. The van der Waals surface area contributed by atoms with Crippen LogP contribution in [0.15, 0.2) is 18.2 Å². The fraction of sp³-hybridized carbons (Fsp3) is 0.385. The summed E-state index contributed by atoms with van der Waals surface area (Å²) in [5, 5.41) is 19.1. The number of ether oxygens (including phenoxy) is 1. The van der Waals surface area contributed by atoms with Crippen molar-refractivity contribution in [3.63, 3.8) is 0 Å². The van der Waals surface area contributed by atoms with Crippen LogP contribution in [-0.2, 0) is 26.1 Å². The van der Waals surface area contributed by atoms with E-state index in [0.717, 1.165) is 5.56 Å². The van der Waals surface area contributed by atoms with E-state index in [2.05, 4.69) is 20.7 Å². The minimum absolute atomic E-state index is 0.139. The lowest BCUT2D eigenvalue weighted by atomic mass is 9.94. The summed E-state index contributed by atoms with van der Waals surface area (Å²) in [6.45, 7) is 0. The van der Waals surface area contributed by atoms with Crippen LogP contribution in [0, 0.1) is 0 Å². The van der Waals surface area contributed by atoms with E-state index >= 15 is 0 Å². The third-order valence-electron chi connectivity index (χ3n) is 2.79. The molecule has 0 spiro atoms. The van der Waals surface area contributed by atoms with Crippen LogP contribution in [0.5, 0.6) is 0 Å². The standard InChI is InChI=1S/C13H15BrO5/c1-19-11(15)6-5-9-8(7-14)3-2-4-10(9)12(16)13(17)18/h2-4,12,16H,5-7H2,1H3,(H,17,18). The lowest BCUT2D eigenvalue weighted by molar-refractivity contribution is -0.147. The number of aliphatic carboxylic acids is 1. The molecule has 0 fully saturated rings. The summed E-state index contributed by atoms with van der Waals surface area (Å²) in [5.74, 6) is -1.69. The van der Waals surface area contributed by atoms with E-state index in [1.165, 1.54) is 7.11 Å². The van der Waals surface area contributed by atoms with Gasteiger partial charge in [0.1, 0.15) is 0 Å². The molecule has 0 saturated carbocycles. The van der Waals surface area contributed by atoms with Crippen LogP contribution in [0.25, 0.3) is 0 Å². The highest BCUT2D eigenvalue weighted by molar-refractivity contribution is 9.08. The molecular formula is C13H15BrO5. The van der Waals surface area contributed by atoms with Crippen molar-refractivity contribution in [3.05, 3.63) is 34.9 Å². The molecule has 2 N–H and O–H groups in total. The molecule has 1 rings (SSSR count). The van der Waals surface area contributed by atoms with Crippen molar-refractivity contribution in [3.8, 4) is 0 Å². The van der Waals surface area contributed by atoms with E-state index in [0.29, 0.717) is 22.9 Å². The number of carbonyl (C=O) groups excluding carboxylic acids is 1. The Kier molecular flexibility index (Phi) is 5.98. The summed E-state index contributed by atoms with van der Waals surface area (Å²) < 4.78 is 4.56. The van der Waals surface area contributed by atoms with E-state index in [4.69, 9.17) is 5.11 Å². The number of alkyl halides is 1. The quantitative estimate of drug-likeness (QED) is 0.613. The number of carboxylic acids is 1. The maximum Gasteiger partial charge on any atom is 0.337 e. The number of benzene rings is 1. The number of carbonyl (C=O) groups is 2. The van der Waals surface area contributed by atoms with Gasteiger partial charge in [-0.05, 0) is 23.1 Å². The number of carboxylic acid groups (broad SMARTS) is 1. The molecule has 104 valence electrons. The summed E-state index contributed by atoms with van der Waals surface area (Å²) in [5.41, 5.74) is 1.83. The molecule has 6 heteroatoms. The predicted molar refractivity (Wildman–Crippen MR) is 72.0 cm³/mol. The predicted octanol–water partition coefficient (Wildman–Crippen LogP) is 1.81. The number of halogens is 1. The summed E-state index contributed by atoms with van der Waals surface area (Å²) >= 11 is 3.31. The molecular weight excluding hydrogens is 316 g/mol. The Morgan fingerprint density at radius 3 is 2.63 bits per heavy atom. The Balaban J connectivity index is 3.09. The van der Waals surface area contributed by atoms with Crippen LogP contribution in [0.2, 0.25) is 0 Å². The molecule has 0 aliphatic carbocycles. The highest BCUT2D eigenvalue weighted by Gasteiger charge is 2.21. The van der Waals surface area contributed by atoms with Gasteiger partial charge in [0.05, 0.1) is 7.11 Å². The van der Waals surface area contributed by atoms with E-state index in [1.807, 2.05) is 6.07 Å². The van der Waals surface area contributed by atoms with Gasteiger partial charge in [0.2, 0.25) is 0 Å². The summed E-state index contributed by atoms with van der Waals surface area (Å²) in [6.07, 6.45) is -1.12. The molecule has 0 bridgehead atoms. The highest BCUT2D eigenvalue weighted by Crippen LogP contribution is 2.25. The molecule has 19 heavy (non-hydrogen) atoms. The van der Waals surface area contributed by atoms with Crippen molar-refractivity contribution < 1.29 is 24.5 Å². The summed E-state index contributed by atoms with van der Waals surface area (Å²) in [7, 11) is 1.30. The summed E-state index contributed by atoms with van der Waals surface area (Å²) in [4.78, 5) is 22.1. The molecule has 1 aromatic carbocycles. The van der Waals surface area contributed by atoms with Gasteiger partial charge in [0, 0.05) is 11.8 Å². The van der Waals surface area contributed by atoms with Gasteiger partial charge in [0.25, 0.3) is 0 Å². The second-order valence-electron chi connectivity index (χ2n) is 3.94. The normalized spacial score (nSPS) is 11.9. The molecule has 0 heterocycles. The van der Waals surface area contributed by atoms with Gasteiger partial charge in [-0.3, -0.25) is 4.79 Å². The van der Waals surface area contributed by atoms with E-state index in [9.17, 15) is 14.7 Å². The zero-order valence-corrected chi connectivity index (χ0v) is 12.0. The number of hydrogen-bond acceptors (Lipinski definition) is 4. The SMILES string of the molecule is COC(=O)CCc1c(CBr)cccc1C(O)C(=O)O. The largest absolute Gasteiger partial charge is 0.479 e. The maximum atomic E-state index is 11.2. The first-order valence-corrected chi connectivity index (χ1v) is 6.77. The van der Waals surface area contributed by atoms with Crippen LogP contribution in [0.3, 0.4) is 0 Å². The smallest absolute Gasteiger partial charge is 0.337 e. The first kappa shape index (κ1) is 15.7. The van der Waals surface area contributed by atoms with Crippen LogP contribution < -0.4 is 0 Å². The number of aliphatic hydroxyl groups excluding tert-OH is 1. The molecule has 0 aromatic heterocycles. The van der Waals surface area contributed by atoms with Crippen molar-refractivity contribution in [2.45, 2.75) is 24.3 Å². The lowest BCUT2D eigenvalue weighted by Crippen LogP contribution is -2.14. The Hall–Kier alpha value is -1.40. The number of aliphatic hydroxyl groups is 1. The molecule has 0 saturated heterocycles. The first-order valence-electron chi connectivity index (χ1n) is 5.65. The topological polar surface area (TPSA) is 83.8 Å². The van der Waals surface area contributed by atoms with E-state index in [1.54, 1.807) is 12.1 Å². The molecule has 0 radical (unpaired) electrons. The molecule has 1 unspecified atom stereocenters. The van der Waals surface area contributed by atoms with Crippen LogP contribution in [0.4, 0.5) is 0 Å². The zero-order chi connectivity index (χ0) is 14.4. The van der Waals surface area contributed by atoms with Crippen molar-refractivity contribution in [1.82, 2.24) is 0 Å². The monoisotopic (exact) mass is 330 g/mol. The van der Waals surface area contributed by atoms with Crippen LogP contribution >= 0.6 is 15.9 Å². The summed E-state index contributed by atoms with van der Waals surface area (Å²) in [6, 6.07) is 5.05. The number of rotatable bonds is 6. The molecule has 1 atom stereocenters. The minimum atomic E-state index is -1.59. The van der Waals surface area contributed by atoms with Crippen LogP contribution in [0.1, 0.15) is 29.2 Å². The van der Waals surface area contributed by atoms with Gasteiger partial charge in [-0.25, -0.2) is 4.79 Å². The molecule has 0 aliphatic rings. The Bertz CT molecular complexity index is 472. The Morgan fingerprint density at radius 2 is 2.11 bits per heavy atom. The lowest BCUT2D eigenvalue weighted by Gasteiger charge is -2.15. The van der Waals surface area contributed by atoms with Crippen molar-refractivity contribution in [1.29, 1.82) is 0 Å². The maximum absolute atomic E-state index is 11.2. The number of methoxy groups -OCH3 is 1. The van der Waals surface area contributed by atoms with Gasteiger partial charge in [-0.2, -0.15) is 0 Å². The first-order chi connectivity index (χ1) is 9.01. The molecule has 1 aromatic rings. The zero-order valence-electron chi connectivity index (χ0n) is 10.4. The highest BCUT2D eigenvalue weighted by atomic mass is 79.9. The van der Waals surface area contributed by atoms with Gasteiger partial charge in [-0.1, -0.05) is 34.1 Å². The van der Waals surface area contributed by atoms with Gasteiger partial charge >= 0.3 is 11.9 Å². The molecule has 0 aliphatic heterocycles. The van der Waals surface area contributed by atoms with Crippen molar-refractivity contribution in [2.75, 3.05) is 7.11 Å². The second kappa shape index (κ2) is 7.25. The van der Waals surface area contributed by atoms with Gasteiger partial charge in [0.15, 0.2) is 6.10 Å². The van der Waals surface area contributed by atoms with Crippen molar-refractivity contribution >= 4 is 27.9 Å². The third-order valence-corrected chi connectivity index (χ3v) is 3.39. The molecule has 0 amide bonds. The average molecular weight is 331 g/mol. The van der Waals surface area contributed by atoms with Crippen molar-refractivity contribution in [2.24, 2.45) is 0 Å². The van der Waals surface area contributed by atoms with Crippen LogP contribution in [-0.4, -0.2) is 29.3 Å². The molecule has 5 nitrogen and oxygen atoms in total. The fourth-order valence-corrected chi connectivity index (χ4v) is 2.33. The number of hydrogen-bond donors (Lipinski definition) is 2. The Labute approximate surface area is 119 Å². The minimum Gasteiger partial charge on any atom is -0.479 e. The van der Waals surface area contributed by atoms with Gasteiger partial charge in [-0.15, -0.1) is 0 Å². The second-order valence-corrected chi connectivity index (χ2v) is 4.50. The Morgan fingerprint density at radius 1 is 1.42 bits per heavy atom. The van der Waals surface area contributed by atoms with Gasteiger partial charge < -0.3 is 14.9 Å². The van der Waals surface area contributed by atoms with E-state index in [-0.39, 0.29) is 12.4 Å². The average Bonchev–Trinajstić information content (AvgIpc) is 2.43. The van der Waals surface area contributed by atoms with E-state index < -0.39 is 12.1 Å². The number of esters is 1.